The first kappa shape index (κ1) is 15.1. The topological polar surface area (TPSA) is 88.3 Å². The molecule has 2 heterocycles. The number of carbonyl (C=O) groups excluding carboxylic acids is 2. The molecule has 1 aromatic heterocycles. The van der Waals surface area contributed by atoms with Crippen LogP contribution in [0.4, 0.5) is 5.69 Å². The normalized spacial score (nSPS) is 15.4. The summed E-state index contributed by atoms with van der Waals surface area (Å²) in [5, 5.41) is 2.73. The van der Waals surface area contributed by atoms with E-state index in [2.05, 4.69) is 9.69 Å². The fourth-order valence-electron chi connectivity index (χ4n) is 1.86. The molecule has 0 saturated carbocycles. The molecule has 20 heavy (non-hydrogen) atoms. The van der Waals surface area contributed by atoms with E-state index in [0.29, 0.717) is 18.0 Å². The van der Waals surface area contributed by atoms with Crippen LogP contribution in [0.25, 0.3) is 0 Å². The highest BCUT2D eigenvalue weighted by Gasteiger charge is 2.26. The van der Waals surface area contributed by atoms with Gasteiger partial charge < -0.3 is 16.0 Å². The number of nitrogens with zero attached hydrogens (tertiary/aromatic N) is 2. The number of amides is 2. The molecule has 1 aliphatic heterocycles. The standard InChI is InChI=1S/C12H18N4O2S2/c1-7(2)14-11(17)9-8(13)10(20-15-9)12(18)16-3-5-19-6-4-16/h7H,3-6,13H2,1-2H3,(H,14,17). The van der Waals surface area contributed by atoms with E-state index in [1.807, 2.05) is 25.6 Å². The van der Waals surface area contributed by atoms with Crippen LogP contribution < -0.4 is 11.1 Å². The minimum Gasteiger partial charge on any atom is -0.395 e. The number of nitrogen functional groups attached to an aromatic ring is 1. The van der Waals surface area contributed by atoms with Crippen molar-refractivity contribution < 1.29 is 9.59 Å². The smallest absolute Gasteiger partial charge is 0.273 e. The Morgan fingerprint density at radius 2 is 2.00 bits per heavy atom. The van der Waals surface area contributed by atoms with Gasteiger partial charge in [-0.3, -0.25) is 9.59 Å². The Balaban J connectivity index is 2.15. The maximum absolute atomic E-state index is 12.4. The highest BCUT2D eigenvalue weighted by molar-refractivity contribution is 7.99. The minimum absolute atomic E-state index is 0.00173. The van der Waals surface area contributed by atoms with Crippen molar-refractivity contribution in [2.75, 3.05) is 30.3 Å². The maximum atomic E-state index is 12.4. The van der Waals surface area contributed by atoms with Gasteiger partial charge >= 0.3 is 0 Å². The van der Waals surface area contributed by atoms with Crippen LogP contribution in [0.1, 0.15) is 34.0 Å². The van der Waals surface area contributed by atoms with Gasteiger partial charge in [-0.2, -0.15) is 16.1 Å². The Morgan fingerprint density at radius 3 is 2.60 bits per heavy atom. The highest BCUT2D eigenvalue weighted by Crippen LogP contribution is 2.24. The second-order valence-corrected chi connectivity index (χ2v) is 6.80. The zero-order chi connectivity index (χ0) is 14.7. The lowest BCUT2D eigenvalue weighted by molar-refractivity contribution is 0.0778. The maximum Gasteiger partial charge on any atom is 0.273 e. The van der Waals surface area contributed by atoms with Gasteiger partial charge in [0.1, 0.15) is 4.88 Å². The largest absolute Gasteiger partial charge is 0.395 e. The lowest BCUT2D eigenvalue weighted by Crippen LogP contribution is -2.38. The van der Waals surface area contributed by atoms with Crippen LogP contribution in [0.15, 0.2) is 0 Å². The lowest BCUT2D eigenvalue weighted by Gasteiger charge is -2.25. The molecule has 0 atom stereocenters. The molecule has 0 aliphatic carbocycles. The van der Waals surface area contributed by atoms with Gasteiger partial charge in [0.05, 0.1) is 5.69 Å². The van der Waals surface area contributed by atoms with Gasteiger partial charge in [-0.15, -0.1) is 0 Å². The van der Waals surface area contributed by atoms with E-state index in [0.717, 1.165) is 23.0 Å². The van der Waals surface area contributed by atoms with Crippen molar-refractivity contribution in [3.8, 4) is 0 Å². The molecular weight excluding hydrogens is 296 g/mol. The van der Waals surface area contributed by atoms with Crippen molar-refractivity contribution in [1.82, 2.24) is 14.6 Å². The predicted molar refractivity (Wildman–Crippen MR) is 82.4 cm³/mol. The molecule has 1 aromatic rings. The molecule has 1 aliphatic rings. The zero-order valence-corrected chi connectivity index (χ0v) is 13.1. The number of anilines is 1. The summed E-state index contributed by atoms with van der Waals surface area (Å²) in [4.78, 5) is 26.4. The molecule has 1 saturated heterocycles. The van der Waals surface area contributed by atoms with Crippen LogP contribution >= 0.6 is 23.3 Å². The van der Waals surface area contributed by atoms with Crippen LogP contribution in [0.2, 0.25) is 0 Å². The van der Waals surface area contributed by atoms with Gasteiger partial charge in [0.2, 0.25) is 0 Å². The van der Waals surface area contributed by atoms with Crippen molar-refractivity contribution in [2.24, 2.45) is 0 Å². The Bertz CT molecular complexity index is 510. The Labute approximate surface area is 126 Å². The molecule has 0 spiro atoms. The molecule has 0 unspecified atom stereocenters. The zero-order valence-electron chi connectivity index (χ0n) is 11.5. The molecule has 2 rings (SSSR count). The van der Waals surface area contributed by atoms with Crippen molar-refractivity contribution >= 4 is 40.8 Å². The van der Waals surface area contributed by atoms with Crippen LogP contribution in [-0.2, 0) is 0 Å². The summed E-state index contributed by atoms with van der Waals surface area (Å²) >= 11 is 2.83. The van der Waals surface area contributed by atoms with Crippen molar-refractivity contribution in [1.29, 1.82) is 0 Å². The first-order valence-electron chi connectivity index (χ1n) is 6.43. The average Bonchev–Trinajstić information content (AvgIpc) is 2.80. The molecule has 0 bridgehead atoms. The van der Waals surface area contributed by atoms with Gasteiger partial charge in [0.25, 0.3) is 11.8 Å². The molecule has 1 fully saturated rings. The fraction of sp³-hybridized carbons (Fsp3) is 0.583. The number of carbonyl (C=O) groups is 2. The second kappa shape index (κ2) is 6.45. The molecular formula is C12H18N4O2S2. The van der Waals surface area contributed by atoms with Gasteiger partial charge in [0, 0.05) is 30.6 Å². The summed E-state index contributed by atoms with van der Waals surface area (Å²) in [7, 11) is 0. The van der Waals surface area contributed by atoms with Crippen LogP contribution in [0.5, 0.6) is 0 Å². The summed E-state index contributed by atoms with van der Waals surface area (Å²) < 4.78 is 4.04. The van der Waals surface area contributed by atoms with Gasteiger partial charge in [0.15, 0.2) is 5.69 Å². The van der Waals surface area contributed by atoms with Gasteiger partial charge in [-0.25, -0.2) is 0 Å². The highest BCUT2D eigenvalue weighted by atomic mass is 32.2. The van der Waals surface area contributed by atoms with Crippen molar-refractivity contribution in [3.63, 3.8) is 0 Å². The van der Waals surface area contributed by atoms with Gasteiger partial charge in [-0.1, -0.05) is 0 Å². The number of hydrogen-bond acceptors (Lipinski definition) is 6. The number of nitrogens with one attached hydrogen (secondary N) is 1. The summed E-state index contributed by atoms with van der Waals surface area (Å²) in [6.07, 6.45) is 0. The van der Waals surface area contributed by atoms with E-state index in [9.17, 15) is 9.59 Å². The Kier molecular flexibility index (Phi) is 4.87. The summed E-state index contributed by atoms with van der Waals surface area (Å²) in [5.41, 5.74) is 6.26. The molecule has 2 amide bonds. The van der Waals surface area contributed by atoms with Crippen LogP contribution in [0.3, 0.4) is 0 Å². The number of hydrogen-bond donors (Lipinski definition) is 2. The molecule has 3 N–H and O–H groups in total. The Hall–Kier alpha value is -1.28. The molecule has 6 nitrogen and oxygen atoms in total. The van der Waals surface area contributed by atoms with Crippen LogP contribution in [0, 0.1) is 0 Å². The first-order chi connectivity index (χ1) is 9.50. The van der Waals surface area contributed by atoms with E-state index in [1.54, 1.807) is 4.90 Å². The summed E-state index contributed by atoms with van der Waals surface area (Å²) in [6.45, 7) is 5.15. The minimum atomic E-state index is -0.331. The van der Waals surface area contributed by atoms with E-state index < -0.39 is 0 Å². The number of nitrogens with two attached hydrogens (primary N) is 1. The number of thioether (sulfide) groups is 1. The third-order valence-corrected chi connectivity index (χ3v) is 4.65. The molecule has 0 aromatic carbocycles. The lowest BCUT2D eigenvalue weighted by atomic mass is 10.2. The molecule has 8 heteroatoms. The van der Waals surface area contributed by atoms with E-state index in [1.165, 1.54) is 0 Å². The number of rotatable bonds is 3. The second-order valence-electron chi connectivity index (χ2n) is 4.81. The predicted octanol–water partition coefficient (Wildman–Crippen LogP) is 1.05. The van der Waals surface area contributed by atoms with Crippen molar-refractivity contribution in [2.45, 2.75) is 19.9 Å². The summed E-state index contributed by atoms with van der Waals surface area (Å²) in [6, 6.07) is 0.00173. The van der Waals surface area contributed by atoms with Crippen molar-refractivity contribution in [3.05, 3.63) is 10.6 Å². The monoisotopic (exact) mass is 314 g/mol. The summed E-state index contributed by atoms with van der Waals surface area (Å²) in [5.74, 6) is 1.42. The van der Waals surface area contributed by atoms with E-state index in [-0.39, 0.29) is 29.2 Å². The number of aromatic nitrogens is 1. The molecule has 0 radical (unpaired) electrons. The third kappa shape index (κ3) is 3.24. The first-order valence-corrected chi connectivity index (χ1v) is 8.36. The van der Waals surface area contributed by atoms with Crippen LogP contribution in [-0.4, -0.2) is 51.7 Å². The average molecular weight is 314 g/mol. The fourth-order valence-corrected chi connectivity index (χ4v) is 3.52. The quantitative estimate of drug-likeness (QED) is 0.870. The van der Waals surface area contributed by atoms with E-state index in [4.69, 9.17) is 5.73 Å². The van der Waals surface area contributed by atoms with E-state index >= 15 is 0 Å². The molecule has 110 valence electrons. The SMILES string of the molecule is CC(C)NC(=O)c1nsc(C(=O)N2CCSCC2)c1N. The van der Waals surface area contributed by atoms with Gasteiger partial charge in [-0.05, 0) is 25.4 Å². The third-order valence-electron chi connectivity index (χ3n) is 2.86. The Morgan fingerprint density at radius 1 is 1.35 bits per heavy atom.